The number of methoxy groups -OCH3 is 1. The van der Waals surface area contributed by atoms with Gasteiger partial charge in [0.1, 0.15) is 11.8 Å². The minimum atomic E-state index is -4.79. The van der Waals surface area contributed by atoms with Crippen molar-refractivity contribution in [3.05, 3.63) is 47.0 Å². The maximum absolute atomic E-state index is 13.3. The molecule has 0 saturated heterocycles. The van der Waals surface area contributed by atoms with E-state index < -0.39 is 24.3 Å². The van der Waals surface area contributed by atoms with Gasteiger partial charge >= 0.3 is 12.3 Å². The quantitative estimate of drug-likeness (QED) is 0.288. The molecule has 0 bridgehead atoms. The van der Waals surface area contributed by atoms with Crippen LogP contribution in [0.5, 0.6) is 5.75 Å². The predicted molar refractivity (Wildman–Crippen MR) is 151 cm³/mol. The lowest BCUT2D eigenvalue weighted by Gasteiger charge is -2.40. The molecule has 1 saturated carbocycles. The molecule has 0 spiro atoms. The lowest BCUT2D eigenvalue weighted by Crippen LogP contribution is -2.41. The third kappa shape index (κ3) is 6.89. The number of halogens is 4. The lowest BCUT2D eigenvalue weighted by molar-refractivity contribution is -0.274. The zero-order chi connectivity index (χ0) is 30.3. The molecule has 0 aliphatic heterocycles. The number of ether oxygens (including phenoxy) is 2. The van der Waals surface area contributed by atoms with Crippen molar-refractivity contribution in [3.8, 4) is 5.75 Å². The predicted octanol–water partition coefficient (Wildman–Crippen LogP) is 7.35. The van der Waals surface area contributed by atoms with Gasteiger partial charge in [0.05, 0.1) is 28.7 Å². The van der Waals surface area contributed by atoms with E-state index in [-0.39, 0.29) is 27.8 Å². The number of nitrogens with zero attached hydrogens (tertiary/aromatic N) is 3. The summed E-state index contributed by atoms with van der Waals surface area (Å²) in [4.78, 5) is 31.4. The van der Waals surface area contributed by atoms with E-state index in [9.17, 15) is 22.8 Å². The van der Waals surface area contributed by atoms with Gasteiger partial charge in [-0.05, 0) is 73.9 Å². The van der Waals surface area contributed by atoms with Crippen LogP contribution in [0.1, 0.15) is 63.4 Å². The van der Waals surface area contributed by atoms with E-state index in [2.05, 4.69) is 35.4 Å². The molecule has 12 heteroatoms. The van der Waals surface area contributed by atoms with Crippen molar-refractivity contribution in [2.75, 3.05) is 19.5 Å². The van der Waals surface area contributed by atoms with Crippen LogP contribution in [-0.2, 0) is 9.53 Å². The van der Waals surface area contributed by atoms with Crippen LogP contribution in [0.3, 0.4) is 0 Å². The van der Waals surface area contributed by atoms with Crippen LogP contribution in [0.25, 0.3) is 11.0 Å². The largest absolute Gasteiger partial charge is 0.573 e. The highest BCUT2D eigenvalue weighted by Crippen LogP contribution is 2.46. The number of benzene rings is 2. The van der Waals surface area contributed by atoms with Gasteiger partial charge in [-0.1, -0.05) is 32.4 Å². The van der Waals surface area contributed by atoms with Crippen LogP contribution in [0.15, 0.2) is 36.4 Å². The highest BCUT2D eigenvalue weighted by Gasteiger charge is 2.35. The van der Waals surface area contributed by atoms with E-state index in [0.717, 1.165) is 19.3 Å². The first-order chi connectivity index (χ1) is 19.1. The molecule has 1 aromatic heterocycles. The molecule has 2 aromatic carbocycles. The topological polar surface area (TPSA) is 85.7 Å². The normalized spacial score (nSPS) is 19.5. The van der Waals surface area contributed by atoms with E-state index >= 15 is 0 Å². The second-order valence-corrected chi connectivity index (χ2v) is 11.9. The molecule has 1 aliphatic rings. The Morgan fingerprint density at radius 2 is 1.85 bits per heavy atom. The van der Waals surface area contributed by atoms with Gasteiger partial charge in [0.25, 0.3) is 5.91 Å². The maximum Gasteiger partial charge on any atom is 0.573 e. The summed E-state index contributed by atoms with van der Waals surface area (Å²) >= 11 is 6.66. The summed E-state index contributed by atoms with van der Waals surface area (Å²) in [7, 11) is 2.75. The Bertz CT molecular complexity index is 1440. The van der Waals surface area contributed by atoms with E-state index in [1.807, 2.05) is 0 Å². The highest BCUT2D eigenvalue weighted by atomic mass is 35.5. The van der Waals surface area contributed by atoms with Crippen LogP contribution in [-0.4, -0.2) is 52.9 Å². The van der Waals surface area contributed by atoms with Gasteiger partial charge in [-0.3, -0.25) is 4.79 Å². The number of fused-ring (bicyclic) bond motifs is 1. The number of alkyl halides is 3. The first-order valence-electron chi connectivity index (χ1n) is 13.3. The van der Waals surface area contributed by atoms with Gasteiger partial charge in [0, 0.05) is 18.8 Å². The van der Waals surface area contributed by atoms with Crippen LogP contribution in [0.2, 0.25) is 5.02 Å². The van der Waals surface area contributed by atoms with Crippen LogP contribution >= 0.6 is 11.6 Å². The van der Waals surface area contributed by atoms with Crippen molar-refractivity contribution in [2.45, 2.75) is 65.4 Å². The Morgan fingerprint density at radius 3 is 2.44 bits per heavy atom. The molecule has 4 rings (SSSR count). The molecule has 1 aliphatic carbocycles. The summed E-state index contributed by atoms with van der Waals surface area (Å²) in [5.74, 6) is -0.449. The fraction of sp³-hybridized carbons (Fsp3) is 0.483. The standard InChI is InChI=1S/C29H34ClF3N4O4/c1-16-11-19(15-28(3,4)14-16)37-24-13-22(30)21(25(38)36(5)17(2)26(39)40-6)12-23(24)35-27(37)34-18-7-9-20(10-8-18)41-29(31,32)33/h7-10,12-13,16-17,19H,11,14-15H2,1-6H3,(H,34,35). The zero-order valence-electron chi connectivity index (χ0n) is 23.8. The number of anilines is 2. The molecular formula is C29H34ClF3N4O4. The van der Waals surface area contributed by atoms with E-state index in [0.29, 0.717) is 28.6 Å². The Labute approximate surface area is 241 Å². The smallest absolute Gasteiger partial charge is 0.467 e. The summed E-state index contributed by atoms with van der Waals surface area (Å²) in [6.45, 7) is 8.22. The minimum absolute atomic E-state index is 0.0497. The van der Waals surface area contributed by atoms with Crippen molar-refractivity contribution in [1.82, 2.24) is 14.5 Å². The molecular weight excluding hydrogens is 561 g/mol. The average molecular weight is 595 g/mol. The van der Waals surface area contributed by atoms with Crippen molar-refractivity contribution < 1.29 is 32.2 Å². The van der Waals surface area contributed by atoms with Gasteiger partial charge in [0.2, 0.25) is 5.95 Å². The fourth-order valence-corrected chi connectivity index (χ4v) is 6.03. The number of rotatable bonds is 7. The summed E-state index contributed by atoms with van der Waals surface area (Å²) in [6.07, 6.45) is -1.96. The fourth-order valence-electron chi connectivity index (χ4n) is 5.79. The molecule has 41 heavy (non-hydrogen) atoms. The Hall–Kier alpha value is -3.47. The van der Waals surface area contributed by atoms with Crippen molar-refractivity contribution in [2.24, 2.45) is 11.3 Å². The average Bonchev–Trinajstić information content (AvgIpc) is 3.21. The maximum atomic E-state index is 13.3. The number of aromatic nitrogens is 2. The molecule has 3 aromatic rings. The lowest BCUT2D eigenvalue weighted by atomic mass is 9.70. The van der Waals surface area contributed by atoms with Crippen molar-refractivity contribution in [3.63, 3.8) is 0 Å². The SMILES string of the molecule is COC(=O)C(C)N(C)C(=O)c1cc2nc(Nc3ccc(OC(F)(F)F)cc3)n(C3CC(C)CC(C)(C)C3)c2cc1Cl. The number of nitrogens with one attached hydrogen (secondary N) is 1. The summed E-state index contributed by atoms with van der Waals surface area (Å²) < 4.78 is 48.7. The third-order valence-corrected chi connectivity index (χ3v) is 7.84. The molecule has 3 unspecified atom stereocenters. The van der Waals surface area contributed by atoms with Gasteiger partial charge < -0.3 is 24.3 Å². The summed E-state index contributed by atoms with van der Waals surface area (Å²) in [6, 6.07) is 7.91. The molecule has 1 amide bonds. The van der Waals surface area contributed by atoms with Gasteiger partial charge in [-0.15, -0.1) is 13.2 Å². The molecule has 1 fully saturated rings. The Kier molecular flexibility index (Phi) is 8.50. The second-order valence-electron chi connectivity index (χ2n) is 11.5. The van der Waals surface area contributed by atoms with Gasteiger partial charge in [-0.2, -0.15) is 0 Å². The number of amides is 1. The molecule has 1 heterocycles. The molecule has 0 radical (unpaired) electrons. The first kappa shape index (κ1) is 30.5. The highest BCUT2D eigenvalue weighted by molar-refractivity contribution is 6.34. The van der Waals surface area contributed by atoms with E-state index in [1.165, 1.54) is 43.3 Å². The molecule has 8 nitrogen and oxygen atoms in total. The summed E-state index contributed by atoms with van der Waals surface area (Å²) in [5.41, 5.74) is 1.98. The summed E-state index contributed by atoms with van der Waals surface area (Å²) in [5, 5.41) is 3.44. The Morgan fingerprint density at radius 1 is 1.20 bits per heavy atom. The number of esters is 1. The molecule has 222 valence electrons. The first-order valence-corrected chi connectivity index (χ1v) is 13.7. The number of carbonyl (C=O) groups is 2. The second kappa shape index (κ2) is 11.4. The zero-order valence-corrected chi connectivity index (χ0v) is 24.6. The van der Waals surface area contributed by atoms with Gasteiger partial charge in [-0.25, -0.2) is 9.78 Å². The van der Waals surface area contributed by atoms with Gasteiger partial charge in [0.15, 0.2) is 0 Å². The number of likely N-dealkylation sites (N-methyl/N-ethyl adjacent to an activating group) is 1. The van der Waals surface area contributed by atoms with Crippen LogP contribution < -0.4 is 10.1 Å². The Balaban J connectivity index is 1.77. The minimum Gasteiger partial charge on any atom is -0.467 e. The molecule has 1 N–H and O–H groups in total. The van der Waals surface area contributed by atoms with Crippen LogP contribution in [0.4, 0.5) is 24.8 Å². The number of hydrogen-bond acceptors (Lipinski definition) is 6. The number of hydrogen-bond donors (Lipinski definition) is 1. The number of carbonyl (C=O) groups excluding carboxylic acids is 2. The van der Waals surface area contributed by atoms with Crippen LogP contribution in [0, 0.1) is 11.3 Å². The monoisotopic (exact) mass is 594 g/mol. The van der Waals surface area contributed by atoms with E-state index in [1.54, 1.807) is 19.1 Å². The van der Waals surface area contributed by atoms with Crippen molar-refractivity contribution in [1.29, 1.82) is 0 Å². The van der Waals surface area contributed by atoms with Crippen molar-refractivity contribution >= 4 is 46.1 Å². The van der Waals surface area contributed by atoms with E-state index in [4.69, 9.17) is 21.3 Å². The third-order valence-electron chi connectivity index (χ3n) is 7.53. The number of imidazole rings is 1. The molecule has 3 atom stereocenters.